The Hall–Kier alpha value is -2.24. The number of fused-ring (bicyclic) bond motifs is 1. The minimum absolute atomic E-state index is 0.00903. The van der Waals surface area contributed by atoms with Gasteiger partial charge in [0.1, 0.15) is 29.5 Å². The van der Waals surface area contributed by atoms with E-state index in [2.05, 4.69) is 21.2 Å². The second-order valence-electron chi connectivity index (χ2n) is 6.85. The van der Waals surface area contributed by atoms with Gasteiger partial charge < -0.3 is 10.1 Å². The lowest BCUT2D eigenvalue weighted by Gasteiger charge is -2.50. The molecule has 1 aromatic carbocycles. The molecule has 1 N–H and O–H groups in total. The number of amides is 1. The zero-order chi connectivity index (χ0) is 21.8. The van der Waals surface area contributed by atoms with E-state index < -0.39 is 16.9 Å². The number of esters is 1. The lowest BCUT2D eigenvalue weighted by molar-refractivity contribution is -0.384. The van der Waals surface area contributed by atoms with Crippen molar-refractivity contribution in [3.63, 3.8) is 0 Å². The van der Waals surface area contributed by atoms with Gasteiger partial charge in [-0.3, -0.25) is 24.6 Å². The average Bonchev–Trinajstić information content (AvgIpc) is 2.74. The predicted molar refractivity (Wildman–Crippen MR) is 114 cm³/mol. The average molecular weight is 498 g/mol. The monoisotopic (exact) mass is 497 g/mol. The third-order valence-corrected chi connectivity index (χ3v) is 6.65. The van der Waals surface area contributed by atoms with Gasteiger partial charge >= 0.3 is 5.97 Å². The van der Waals surface area contributed by atoms with Crippen molar-refractivity contribution in [3.8, 4) is 0 Å². The maximum atomic E-state index is 12.6. The fraction of sp³-hybridized carbons (Fsp3) is 0.421. The van der Waals surface area contributed by atoms with Gasteiger partial charge in [-0.2, -0.15) is 0 Å². The van der Waals surface area contributed by atoms with Gasteiger partial charge in [-0.15, -0.1) is 11.8 Å². The number of non-ortho nitro benzene ring substituents is 1. The number of ether oxygens (including phenoxy) is 1. The van der Waals surface area contributed by atoms with E-state index in [-0.39, 0.29) is 45.6 Å². The number of nitrogens with zero attached hydrogens (tertiary/aromatic N) is 2. The maximum absolute atomic E-state index is 12.6. The summed E-state index contributed by atoms with van der Waals surface area (Å²) in [5.74, 6) is -0.804. The Balaban J connectivity index is 1.59. The predicted octanol–water partition coefficient (Wildman–Crippen LogP) is 2.14. The summed E-state index contributed by atoms with van der Waals surface area (Å²) in [6.45, 7) is 2.27. The Labute approximate surface area is 185 Å². The first-order chi connectivity index (χ1) is 14.3. The van der Waals surface area contributed by atoms with Crippen molar-refractivity contribution >= 4 is 51.0 Å². The van der Waals surface area contributed by atoms with Crippen LogP contribution in [0.5, 0.6) is 0 Å². The summed E-state index contributed by atoms with van der Waals surface area (Å²) in [7, 11) is 0. The Kier molecular flexibility index (Phi) is 7.27. The Bertz CT molecular complexity index is 891. The summed E-state index contributed by atoms with van der Waals surface area (Å²) < 4.78 is 5.33. The van der Waals surface area contributed by atoms with E-state index in [1.807, 2.05) is 6.92 Å². The van der Waals surface area contributed by atoms with E-state index in [0.717, 1.165) is 0 Å². The number of ketones is 1. The fourth-order valence-corrected chi connectivity index (χ4v) is 4.78. The SMILES string of the molecule is CC1C=C(C(=O)OCc2ccc([N+](=O)[O-])cc2)N2C(=O)C(NCCC(=O)CBr)[C@H]2S1. The van der Waals surface area contributed by atoms with Crippen LogP contribution in [0, 0.1) is 10.1 Å². The van der Waals surface area contributed by atoms with Gasteiger partial charge in [0.05, 0.1) is 10.3 Å². The van der Waals surface area contributed by atoms with Gasteiger partial charge in [-0.05, 0) is 30.7 Å². The molecule has 2 heterocycles. The zero-order valence-corrected chi connectivity index (χ0v) is 18.5. The first kappa shape index (κ1) is 22.4. The Morgan fingerprint density at radius 2 is 2.03 bits per heavy atom. The number of rotatable bonds is 9. The van der Waals surface area contributed by atoms with E-state index in [1.165, 1.54) is 29.2 Å². The van der Waals surface area contributed by atoms with Gasteiger partial charge in [-0.25, -0.2) is 4.79 Å². The molecule has 3 atom stereocenters. The minimum Gasteiger partial charge on any atom is -0.456 e. The van der Waals surface area contributed by atoms with Crippen molar-refractivity contribution in [2.24, 2.45) is 0 Å². The Morgan fingerprint density at radius 1 is 1.33 bits per heavy atom. The molecule has 11 heteroatoms. The third-order valence-electron chi connectivity index (χ3n) is 4.69. The molecule has 2 unspecified atom stereocenters. The summed E-state index contributed by atoms with van der Waals surface area (Å²) in [6, 6.07) is 5.27. The number of halogens is 1. The molecule has 2 aliphatic heterocycles. The van der Waals surface area contributed by atoms with Gasteiger partial charge in [0.15, 0.2) is 0 Å². The highest BCUT2D eigenvalue weighted by molar-refractivity contribution is 9.09. The standard InChI is InChI=1S/C19H20BrN3O6S/c1-11-8-15(19(26)29-10-12-2-4-13(5-3-12)23(27)28)22-17(25)16(18(22)30-11)21-7-6-14(24)9-20/h2-5,8,11,16,18,21H,6-7,9-10H2,1H3/t11?,16?,18-/m1/s1. The minimum atomic E-state index is -0.619. The van der Waals surface area contributed by atoms with Crippen LogP contribution in [-0.4, -0.2) is 56.0 Å². The highest BCUT2D eigenvalue weighted by Crippen LogP contribution is 2.41. The molecule has 0 aliphatic carbocycles. The highest BCUT2D eigenvalue weighted by Gasteiger charge is 2.53. The van der Waals surface area contributed by atoms with Crippen LogP contribution in [0.2, 0.25) is 0 Å². The van der Waals surface area contributed by atoms with Crippen molar-refractivity contribution < 1.29 is 24.0 Å². The van der Waals surface area contributed by atoms with E-state index in [1.54, 1.807) is 17.8 Å². The van der Waals surface area contributed by atoms with Crippen LogP contribution in [0.15, 0.2) is 36.0 Å². The maximum Gasteiger partial charge on any atom is 0.355 e. The summed E-state index contributed by atoms with van der Waals surface area (Å²) in [4.78, 5) is 48.2. The smallest absolute Gasteiger partial charge is 0.355 e. The van der Waals surface area contributed by atoms with E-state index in [0.29, 0.717) is 18.5 Å². The van der Waals surface area contributed by atoms with Gasteiger partial charge in [0.2, 0.25) is 5.91 Å². The van der Waals surface area contributed by atoms with Crippen LogP contribution in [0.1, 0.15) is 18.9 Å². The second-order valence-corrected chi connectivity index (χ2v) is 8.91. The summed E-state index contributed by atoms with van der Waals surface area (Å²) in [6.07, 6.45) is 2.02. The van der Waals surface area contributed by atoms with Crippen molar-refractivity contribution in [1.29, 1.82) is 0 Å². The van der Waals surface area contributed by atoms with Crippen LogP contribution >= 0.6 is 27.7 Å². The molecule has 1 saturated heterocycles. The van der Waals surface area contributed by atoms with E-state index in [4.69, 9.17) is 4.74 Å². The number of thioether (sulfide) groups is 1. The molecule has 1 amide bonds. The number of alkyl halides is 1. The number of nitrogens with one attached hydrogen (secondary N) is 1. The van der Waals surface area contributed by atoms with E-state index >= 15 is 0 Å². The van der Waals surface area contributed by atoms with Gasteiger partial charge in [0, 0.05) is 30.3 Å². The van der Waals surface area contributed by atoms with Crippen molar-refractivity contribution in [1.82, 2.24) is 10.2 Å². The van der Waals surface area contributed by atoms with Crippen molar-refractivity contribution in [2.45, 2.75) is 36.6 Å². The molecule has 1 fully saturated rings. The lowest BCUT2D eigenvalue weighted by Crippen LogP contribution is -2.70. The van der Waals surface area contributed by atoms with Gasteiger partial charge in [-0.1, -0.05) is 15.9 Å². The number of benzene rings is 1. The van der Waals surface area contributed by atoms with E-state index in [9.17, 15) is 24.5 Å². The lowest BCUT2D eigenvalue weighted by atomic mass is 10.0. The number of nitro benzene ring substituents is 1. The Morgan fingerprint density at radius 3 is 2.67 bits per heavy atom. The topological polar surface area (TPSA) is 119 Å². The number of hydrogen-bond donors (Lipinski definition) is 1. The molecule has 0 bridgehead atoms. The summed E-state index contributed by atoms with van der Waals surface area (Å²) >= 11 is 4.66. The molecule has 0 spiro atoms. The number of carbonyl (C=O) groups excluding carboxylic acids is 3. The molecular formula is C19H20BrN3O6S. The van der Waals surface area contributed by atoms with Gasteiger partial charge in [0.25, 0.3) is 5.69 Å². The molecule has 9 nitrogen and oxygen atoms in total. The number of β-lactam (4-membered cyclic amide) rings is 1. The molecule has 3 rings (SSSR count). The summed E-state index contributed by atoms with van der Waals surface area (Å²) in [5.41, 5.74) is 0.763. The normalized spacial score (nSPS) is 22.6. The number of Topliss-reactive ketones (excluding diaryl/α,β-unsaturated/α-hetero) is 1. The molecule has 30 heavy (non-hydrogen) atoms. The number of nitro groups is 1. The second kappa shape index (κ2) is 9.71. The number of hydrogen-bond acceptors (Lipinski definition) is 8. The molecule has 1 aromatic rings. The molecule has 0 saturated carbocycles. The zero-order valence-electron chi connectivity index (χ0n) is 16.1. The van der Waals surface area contributed by atoms with Crippen LogP contribution in [0.25, 0.3) is 0 Å². The summed E-state index contributed by atoms with van der Waals surface area (Å²) in [5, 5.41) is 13.9. The molecule has 160 valence electrons. The van der Waals surface area contributed by atoms with Crippen molar-refractivity contribution in [2.75, 3.05) is 11.9 Å². The first-order valence-electron chi connectivity index (χ1n) is 9.23. The molecule has 2 aliphatic rings. The van der Waals surface area contributed by atoms with Crippen molar-refractivity contribution in [3.05, 3.63) is 51.7 Å². The van der Waals surface area contributed by atoms with Crippen LogP contribution in [-0.2, 0) is 25.7 Å². The molecular weight excluding hydrogens is 478 g/mol. The fourth-order valence-electron chi connectivity index (χ4n) is 3.15. The highest BCUT2D eigenvalue weighted by atomic mass is 79.9. The third kappa shape index (κ3) is 4.90. The quantitative estimate of drug-likeness (QED) is 0.181. The van der Waals surface area contributed by atoms with Crippen LogP contribution < -0.4 is 5.32 Å². The largest absolute Gasteiger partial charge is 0.456 e. The molecule has 0 radical (unpaired) electrons. The van der Waals surface area contributed by atoms with Crippen LogP contribution in [0.3, 0.4) is 0 Å². The molecule has 0 aromatic heterocycles. The number of carbonyl (C=O) groups is 3. The van der Waals surface area contributed by atoms with Crippen LogP contribution in [0.4, 0.5) is 5.69 Å². The first-order valence-corrected chi connectivity index (χ1v) is 11.3.